The van der Waals surface area contributed by atoms with Crippen molar-refractivity contribution < 1.29 is 4.74 Å². The lowest BCUT2D eigenvalue weighted by atomic mass is 9.80. The van der Waals surface area contributed by atoms with Gasteiger partial charge in [0.15, 0.2) is 0 Å². The number of anilines is 1. The first-order valence-corrected chi connectivity index (χ1v) is 9.02. The Morgan fingerprint density at radius 2 is 2.08 bits per heavy atom. The van der Waals surface area contributed by atoms with Gasteiger partial charge in [0, 0.05) is 62.8 Å². The van der Waals surface area contributed by atoms with E-state index in [-0.39, 0.29) is 5.41 Å². The molecule has 4 rings (SSSR count). The molecule has 2 aliphatic rings. The van der Waals surface area contributed by atoms with Gasteiger partial charge in [-0.3, -0.25) is 9.58 Å². The minimum atomic E-state index is 0.149. The predicted octanol–water partition coefficient (Wildman–Crippen LogP) is 1.33. The Labute approximate surface area is 148 Å². The third-order valence-electron chi connectivity index (χ3n) is 5.18. The molecule has 0 saturated carbocycles. The Morgan fingerprint density at radius 1 is 1.20 bits per heavy atom. The number of aryl methyl sites for hydroxylation is 1. The minimum Gasteiger partial charge on any atom is -0.379 e. The fourth-order valence-electron chi connectivity index (χ4n) is 4.12. The van der Waals surface area contributed by atoms with Crippen molar-refractivity contribution in [2.45, 2.75) is 19.4 Å². The number of rotatable bonds is 3. The molecule has 0 radical (unpaired) electrons. The standard InChI is InChI=1S/C18H26N6O/c1-22-11-16(10-21-22)12-23-7-2-4-18(13-23)14-24(8-9-25-15-18)17-19-5-3-6-20-17/h3,5-6,10-11H,2,4,7-9,12-15H2,1H3/t18-/m0/s1. The molecule has 2 saturated heterocycles. The minimum absolute atomic E-state index is 0.149. The van der Waals surface area contributed by atoms with E-state index < -0.39 is 0 Å². The van der Waals surface area contributed by atoms with Crippen molar-refractivity contribution in [3.63, 3.8) is 0 Å². The summed E-state index contributed by atoms with van der Waals surface area (Å²) in [7, 11) is 1.97. The molecule has 0 aromatic carbocycles. The molecule has 0 amide bonds. The average molecular weight is 342 g/mol. The maximum absolute atomic E-state index is 6.00. The molecular formula is C18H26N6O. The molecule has 25 heavy (non-hydrogen) atoms. The van der Waals surface area contributed by atoms with Crippen LogP contribution in [0.4, 0.5) is 5.95 Å². The fraction of sp³-hybridized carbons (Fsp3) is 0.611. The first-order chi connectivity index (χ1) is 12.2. The highest BCUT2D eigenvalue weighted by atomic mass is 16.5. The van der Waals surface area contributed by atoms with Crippen LogP contribution in [0.3, 0.4) is 0 Å². The highest BCUT2D eigenvalue weighted by Crippen LogP contribution is 2.34. The zero-order chi connectivity index (χ0) is 17.1. The Balaban J connectivity index is 1.48. The van der Waals surface area contributed by atoms with E-state index in [1.54, 1.807) is 0 Å². The summed E-state index contributed by atoms with van der Waals surface area (Å²) in [5.41, 5.74) is 1.42. The van der Waals surface area contributed by atoms with Crippen molar-refractivity contribution >= 4 is 5.95 Å². The van der Waals surface area contributed by atoms with Gasteiger partial charge in [-0.25, -0.2) is 9.97 Å². The van der Waals surface area contributed by atoms with Gasteiger partial charge in [0.1, 0.15) is 0 Å². The number of piperidine rings is 1. The Bertz CT molecular complexity index is 690. The molecule has 2 fully saturated rings. The van der Waals surface area contributed by atoms with Gasteiger partial charge in [-0.15, -0.1) is 0 Å². The number of ether oxygens (including phenoxy) is 1. The first kappa shape index (κ1) is 16.5. The molecule has 2 aromatic rings. The molecule has 0 bridgehead atoms. The molecule has 0 unspecified atom stereocenters. The van der Waals surface area contributed by atoms with Gasteiger partial charge < -0.3 is 9.64 Å². The van der Waals surface area contributed by atoms with Gasteiger partial charge in [0.05, 0.1) is 19.4 Å². The van der Waals surface area contributed by atoms with Crippen LogP contribution >= 0.6 is 0 Å². The number of aromatic nitrogens is 4. The second-order valence-electron chi connectivity index (χ2n) is 7.36. The van der Waals surface area contributed by atoms with Gasteiger partial charge in [0.2, 0.25) is 5.95 Å². The number of hydrogen-bond acceptors (Lipinski definition) is 6. The monoisotopic (exact) mass is 342 g/mol. The lowest BCUT2D eigenvalue weighted by molar-refractivity contribution is 0.0106. The maximum Gasteiger partial charge on any atom is 0.225 e. The number of hydrogen-bond donors (Lipinski definition) is 0. The lowest BCUT2D eigenvalue weighted by Gasteiger charge is -2.43. The fourth-order valence-corrected chi connectivity index (χ4v) is 4.12. The summed E-state index contributed by atoms with van der Waals surface area (Å²) < 4.78 is 7.88. The quantitative estimate of drug-likeness (QED) is 0.839. The van der Waals surface area contributed by atoms with Crippen molar-refractivity contribution in [1.82, 2.24) is 24.6 Å². The van der Waals surface area contributed by atoms with Gasteiger partial charge in [-0.1, -0.05) is 0 Å². The largest absolute Gasteiger partial charge is 0.379 e. The van der Waals surface area contributed by atoms with Crippen LogP contribution in [0, 0.1) is 5.41 Å². The highest BCUT2D eigenvalue weighted by Gasteiger charge is 2.39. The molecule has 4 heterocycles. The van der Waals surface area contributed by atoms with Crippen molar-refractivity contribution in [2.24, 2.45) is 12.5 Å². The zero-order valence-corrected chi connectivity index (χ0v) is 14.8. The van der Waals surface area contributed by atoms with Crippen molar-refractivity contribution in [2.75, 3.05) is 44.3 Å². The summed E-state index contributed by atoms with van der Waals surface area (Å²) in [5.74, 6) is 0.816. The van der Waals surface area contributed by atoms with Crippen molar-refractivity contribution in [1.29, 1.82) is 0 Å². The Kier molecular flexibility index (Phi) is 4.67. The normalized spacial score (nSPS) is 25.2. The van der Waals surface area contributed by atoms with E-state index in [4.69, 9.17) is 4.74 Å². The Morgan fingerprint density at radius 3 is 2.88 bits per heavy atom. The summed E-state index contributed by atoms with van der Waals surface area (Å²) in [6.45, 7) is 6.51. The smallest absolute Gasteiger partial charge is 0.225 e. The summed E-state index contributed by atoms with van der Waals surface area (Å²) in [6, 6.07) is 1.86. The molecule has 0 aliphatic carbocycles. The highest BCUT2D eigenvalue weighted by molar-refractivity contribution is 5.29. The predicted molar refractivity (Wildman–Crippen MR) is 95.2 cm³/mol. The molecule has 2 aromatic heterocycles. The summed E-state index contributed by atoms with van der Waals surface area (Å²) in [6.07, 6.45) is 10.1. The topological polar surface area (TPSA) is 59.3 Å². The maximum atomic E-state index is 6.00. The second kappa shape index (κ2) is 7.09. The SMILES string of the molecule is Cn1cc(CN2CCC[C@]3(COCCN(c4ncccn4)C3)C2)cn1. The zero-order valence-electron chi connectivity index (χ0n) is 14.8. The van der Waals surface area contributed by atoms with E-state index in [9.17, 15) is 0 Å². The van der Waals surface area contributed by atoms with E-state index in [0.29, 0.717) is 0 Å². The molecule has 1 atom stereocenters. The van der Waals surface area contributed by atoms with Crippen LogP contribution < -0.4 is 4.90 Å². The third-order valence-corrected chi connectivity index (χ3v) is 5.18. The molecule has 0 N–H and O–H groups in total. The molecular weight excluding hydrogens is 316 g/mol. The summed E-state index contributed by atoms with van der Waals surface area (Å²) in [5, 5.41) is 4.29. The van der Waals surface area contributed by atoms with Crippen LogP contribution in [0.15, 0.2) is 30.9 Å². The van der Waals surface area contributed by atoms with Crippen LogP contribution in [-0.4, -0.2) is 64.0 Å². The van der Waals surface area contributed by atoms with E-state index in [2.05, 4.69) is 31.1 Å². The van der Waals surface area contributed by atoms with Crippen LogP contribution in [0.1, 0.15) is 18.4 Å². The lowest BCUT2D eigenvalue weighted by Crippen LogP contribution is -2.50. The molecule has 2 aliphatic heterocycles. The van der Waals surface area contributed by atoms with Crippen LogP contribution in [-0.2, 0) is 18.3 Å². The van der Waals surface area contributed by atoms with Gasteiger partial charge >= 0.3 is 0 Å². The molecule has 7 heteroatoms. The van der Waals surface area contributed by atoms with Crippen molar-refractivity contribution in [3.05, 3.63) is 36.4 Å². The molecule has 1 spiro atoms. The van der Waals surface area contributed by atoms with E-state index in [1.165, 1.54) is 18.4 Å². The average Bonchev–Trinajstić information content (AvgIpc) is 2.92. The van der Waals surface area contributed by atoms with Gasteiger partial charge in [-0.2, -0.15) is 5.10 Å². The van der Waals surface area contributed by atoms with Crippen molar-refractivity contribution in [3.8, 4) is 0 Å². The Hall–Kier alpha value is -1.99. The van der Waals surface area contributed by atoms with E-state index in [1.807, 2.05) is 36.4 Å². The van der Waals surface area contributed by atoms with Crippen LogP contribution in [0.25, 0.3) is 0 Å². The van der Waals surface area contributed by atoms with Gasteiger partial charge in [-0.05, 0) is 25.5 Å². The number of nitrogens with zero attached hydrogens (tertiary/aromatic N) is 6. The molecule has 7 nitrogen and oxygen atoms in total. The first-order valence-electron chi connectivity index (χ1n) is 9.02. The van der Waals surface area contributed by atoms with E-state index in [0.717, 1.165) is 51.9 Å². The summed E-state index contributed by atoms with van der Waals surface area (Å²) in [4.78, 5) is 13.7. The van der Waals surface area contributed by atoms with E-state index >= 15 is 0 Å². The van der Waals surface area contributed by atoms with Crippen LogP contribution in [0.5, 0.6) is 0 Å². The molecule has 134 valence electrons. The number of likely N-dealkylation sites (tertiary alicyclic amines) is 1. The summed E-state index contributed by atoms with van der Waals surface area (Å²) >= 11 is 0. The van der Waals surface area contributed by atoms with Gasteiger partial charge in [0.25, 0.3) is 0 Å². The van der Waals surface area contributed by atoms with Crippen LogP contribution in [0.2, 0.25) is 0 Å². The third kappa shape index (κ3) is 3.82. The second-order valence-corrected chi connectivity index (χ2v) is 7.36.